The van der Waals surface area contributed by atoms with E-state index in [0.29, 0.717) is 12.1 Å². The Morgan fingerprint density at radius 3 is 1.92 bits per heavy atom. The summed E-state index contributed by atoms with van der Waals surface area (Å²) in [6.07, 6.45) is 0. The van der Waals surface area contributed by atoms with E-state index in [9.17, 15) is 21.7 Å². The van der Waals surface area contributed by atoms with Crippen LogP contribution in [0.5, 0.6) is 0 Å². The summed E-state index contributed by atoms with van der Waals surface area (Å²) < 4.78 is 60.2. The summed E-state index contributed by atoms with van der Waals surface area (Å²) in [6, 6.07) is 1.18. The van der Waals surface area contributed by atoms with Gasteiger partial charge >= 0.3 is 58.4 Å². The molecule has 0 saturated carbocycles. The van der Waals surface area contributed by atoms with Gasteiger partial charge in [0.2, 0.25) is 0 Å². The van der Waals surface area contributed by atoms with Gasteiger partial charge < -0.3 is 12.9 Å². The molecule has 0 aliphatic carbocycles. The summed E-state index contributed by atoms with van der Waals surface area (Å²) in [5.41, 5.74) is -1.39. The van der Waals surface area contributed by atoms with Crippen molar-refractivity contribution in [2.75, 3.05) is 0 Å². The van der Waals surface area contributed by atoms with Gasteiger partial charge in [-0.2, -0.15) is 0 Å². The molecule has 0 atom stereocenters. The average molecular weight is 220 g/mol. The van der Waals surface area contributed by atoms with E-state index in [0.717, 1.165) is 0 Å². The van der Waals surface area contributed by atoms with E-state index in [1.54, 1.807) is 0 Å². The van der Waals surface area contributed by atoms with Gasteiger partial charge in [0.05, 0.1) is 5.82 Å². The minimum Gasteiger partial charge on any atom is -0.445 e. The van der Waals surface area contributed by atoms with Crippen molar-refractivity contribution in [2.24, 2.45) is 0 Å². The average Bonchev–Trinajstić information content (AvgIpc) is 1.83. The predicted molar refractivity (Wildman–Crippen MR) is 35.1 cm³/mol. The van der Waals surface area contributed by atoms with E-state index in [1.807, 2.05) is 0 Å². The molecule has 0 aliphatic heterocycles. The Labute approximate surface area is 114 Å². The van der Waals surface area contributed by atoms with Crippen molar-refractivity contribution in [3.05, 3.63) is 29.8 Å². The third-order valence-electron chi connectivity index (χ3n) is 1.32. The van der Waals surface area contributed by atoms with Gasteiger partial charge in [0.1, 0.15) is 5.82 Å². The van der Waals surface area contributed by atoms with E-state index < -0.39 is 24.1 Å². The summed E-state index contributed by atoms with van der Waals surface area (Å²) in [7, 11) is 0. The zero-order valence-corrected chi connectivity index (χ0v) is 9.82. The minimum atomic E-state index is -5.39. The fourth-order valence-electron chi connectivity index (χ4n) is 0.767. The van der Waals surface area contributed by atoms with Crippen molar-refractivity contribution in [2.45, 2.75) is 0 Å². The van der Waals surface area contributed by atoms with Crippen molar-refractivity contribution >= 4 is 12.4 Å². The molecule has 1 aromatic rings. The molecule has 1 rings (SSSR count). The van der Waals surface area contributed by atoms with Crippen molar-refractivity contribution in [3.63, 3.8) is 0 Å². The van der Waals surface area contributed by atoms with E-state index in [-0.39, 0.29) is 57.5 Å². The van der Waals surface area contributed by atoms with Crippen LogP contribution in [0.4, 0.5) is 21.7 Å². The number of halogens is 5. The molecule has 0 bridgehead atoms. The molecule has 0 nitrogen and oxygen atoms in total. The zero-order chi connectivity index (χ0) is 9.35. The van der Waals surface area contributed by atoms with Gasteiger partial charge in [-0.1, -0.05) is 11.5 Å². The largest absolute Gasteiger partial charge is 1.00 e. The van der Waals surface area contributed by atoms with Gasteiger partial charge in [0.25, 0.3) is 0 Å². The quantitative estimate of drug-likeness (QED) is 0.421. The number of hydrogen-bond donors (Lipinski definition) is 0. The summed E-state index contributed by atoms with van der Waals surface area (Å²) in [5, 5.41) is 0. The Bertz CT molecular complexity index is 298. The van der Waals surface area contributed by atoms with Crippen molar-refractivity contribution in [1.29, 1.82) is 0 Å². The topological polar surface area (TPSA) is 0 Å². The normalized spacial score (nSPS) is 10.8. The fraction of sp³-hybridized carbons (Fsp3) is 0. The summed E-state index contributed by atoms with van der Waals surface area (Å²) in [5.74, 6) is -2.58. The van der Waals surface area contributed by atoms with E-state index in [1.165, 1.54) is 0 Å². The van der Waals surface area contributed by atoms with Gasteiger partial charge in [-0.3, -0.25) is 0 Å². The molecule has 7 heteroatoms. The van der Waals surface area contributed by atoms with Gasteiger partial charge in [0, 0.05) is 6.07 Å². The molecule has 0 amide bonds. The second-order valence-electron chi connectivity index (χ2n) is 2.24. The first-order valence-corrected chi connectivity index (χ1v) is 3.06. The maximum absolute atomic E-state index is 12.4. The Morgan fingerprint density at radius 2 is 1.54 bits per heavy atom. The van der Waals surface area contributed by atoms with E-state index in [4.69, 9.17) is 0 Å². The van der Waals surface area contributed by atoms with Crippen LogP contribution < -0.4 is 56.8 Å². The number of rotatable bonds is 1. The third-order valence-corrected chi connectivity index (χ3v) is 1.32. The van der Waals surface area contributed by atoms with Crippen molar-refractivity contribution < 1.29 is 73.1 Å². The van der Waals surface area contributed by atoms with Crippen LogP contribution in [-0.4, -0.2) is 6.98 Å². The van der Waals surface area contributed by atoms with Crippen LogP contribution in [-0.2, 0) is 0 Å². The van der Waals surface area contributed by atoms with Crippen LogP contribution >= 0.6 is 0 Å². The first-order valence-electron chi connectivity index (χ1n) is 3.06. The predicted octanol–water partition coefficient (Wildman–Crippen LogP) is -0.977. The molecular weight excluding hydrogens is 217 g/mol. The Balaban J connectivity index is 0.00000144. The number of benzene rings is 1. The molecule has 1 aromatic carbocycles. The summed E-state index contributed by atoms with van der Waals surface area (Å²) >= 11 is 0. The Kier molecular flexibility index (Phi) is 5.09. The monoisotopic (exact) mass is 220 g/mol. The molecule has 0 unspecified atom stereocenters. The maximum atomic E-state index is 12.4. The van der Waals surface area contributed by atoms with Crippen LogP contribution in [0.3, 0.4) is 0 Å². The molecule has 0 aromatic heterocycles. The smallest absolute Gasteiger partial charge is 0.445 e. The standard InChI is InChI=1S/C6H3BF5.K/c8-4-1-2-5(6(9)3-4)7(10,11)12;/h1-3H;/q-1;+1. The fourth-order valence-corrected chi connectivity index (χ4v) is 0.767. The van der Waals surface area contributed by atoms with Crippen LogP contribution in [0.2, 0.25) is 0 Å². The SMILES string of the molecule is Fc1ccc([B-](F)(F)F)c(F)c1.[K+]. The number of hydrogen-bond acceptors (Lipinski definition) is 0. The van der Waals surface area contributed by atoms with Gasteiger partial charge in [-0.15, -0.1) is 0 Å². The van der Waals surface area contributed by atoms with Crippen molar-refractivity contribution in [1.82, 2.24) is 0 Å². The summed E-state index contributed by atoms with van der Waals surface area (Å²) in [6.45, 7) is -5.39. The van der Waals surface area contributed by atoms with Crippen LogP contribution in [0.15, 0.2) is 18.2 Å². The molecular formula is C6H3BF5K. The van der Waals surface area contributed by atoms with Crippen molar-refractivity contribution in [3.8, 4) is 0 Å². The molecule has 66 valence electrons. The Hall–Kier alpha value is 0.571. The van der Waals surface area contributed by atoms with Gasteiger partial charge in [0.15, 0.2) is 0 Å². The van der Waals surface area contributed by atoms with E-state index >= 15 is 0 Å². The first kappa shape index (κ1) is 13.6. The van der Waals surface area contributed by atoms with Gasteiger partial charge in [-0.25, -0.2) is 8.78 Å². The summed E-state index contributed by atoms with van der Waals surface area (Å²) in [4.78, 5) is 0. The Morgan fingerprint density at radius 1 is 1.00 bits per heavy atom. The minimum absolute atomic E-state index is 0. The molecule has 13 heavy (non-hydrogen) atoms. The van der Waals surface area contributed by atoms with Crippen LogP contribution in [0, 0.1) is 11.6 Å². The first-order chi connectivity index (χ1) is 5.41. The molecule has 0 aliphatic rings. The second-order valence-corrected chi connectivity index (χ2v) is 2.24. The second kappa shape index (κ2) is 4.88. The zero-order valence-electron chi connectivity index (χ0n) is 6.70. The molecule has 0 fully saturated rings. The van der Waals surface area contributed by atoms with Crippen LogP contribution in [0.25, 0.3) is 0 Å². The molecule has 0 spiro atoms. The maximum Gasteiger partial charge on any atom is 1.00 e. The third kappa shape index (κ3) is 3.67. The van der Waals surface area contributed by atoms with Gasteiger partial charge in [-0.05, 0) is 6.07 Å². The molecule has 0 heterocycles. The van der Waals surface area contributed by atoms with Crippen LogP contribution in [0.1, 0.15) is 0 Å². The molecule has 0 N–H and O–H groups in total. The molecule has 0 radical (unpaired) electrons. The van der Waals surface area contributed by atoms with E-state index in [2.05, 4.69) is 0 Å². The molecule has 0 saturated heterocycles.